The zero-order valence-electron chi connectivity index (χ0n) is 17.1. The van der Waals surface area contributed by atoms with Crippen molar-refractivity contribution in [2.45, 2.75) is 6.54 Å². The minimum Gasteiger partial charge on any atom is -0.364 e. The van der Waals surface area contributed by atoms with Crippen LogP contribution in [0.5, 0.6) is 0 Å². The molecule has 5 aromatic rings. The summed E-state index contributed by atoms with van der Waals surface area (Å²) in [5.74, 6) is 4.76. The topological polar surface area (TPSA) is 155 Å². The lowest BCUT2D eigenvalue weighted by atomic mass is 10.0. The van der Waals surface area contributed by atoms with Gasteiger partial charge in [-0.15, -0.1) is 0 Å². The maximum atomic E-state index is 12.9. The van der Waals surface area contributed by atoms with Gasteiger partial charge in [-0.1, -0.05) is 12.0 Å². The standard InChI is InChI=1S/C23H16N8O2/c24-19(32)6-4-14-11-26-23(33)20-17-10-13(18-7-9-28-31-18)3-5-16(17)22(29-21(14)20)25-12-15-2-1-8-27-30-15/h1-3,5,7-11H,12H2,(H2,24,32)(H,25,29)(H,26,33)(H,28,31). The summed E-state index contributed by atoms with van der Waals surface area (Å²) < 4.78 is 0. The van der Waals surface area contributed by atoms with Gasteiger partial charge in [0.05, 0.1) is 34.4 Å². The molecule has 33 heavy (non-hydrogen) atoms. The Balaban J connectivity index is 1.77. The number of carbonyl (C=O) groups excluding carboxylic acids is 1. The summed E-state index contributed by atoms with van der Waals surface area (Å²) >= 11 is 0. The third kappa shape index (κ3) is 3.86. The van der Waals surface area contributed by atoms with Gasteiger partial charge in [-0.25, -0.2) is 4.98 Å². The number of nitrogens with zero attached hydrogens (tertiary/aromatic N) is 4. The first-order valence-electron chi connectivity index (χ1n) is 9.91. The van der Waals surface area contributed by atoms with Crippen LogP contribution in [-0.4, -0.2) is 36.3 Å². The van der Waals surface area contributed by atoms with Crippen molar-refractivity contribution >= 4 is 33.4 Å². The summed E-state index contributed by atoms with van der Waals surface area (Å²) in [6, 6.07) is 11.2. The highest BCUT2D eigenvalue weighted by atomic mass is 16.1. The van der Waals surface area contributed by atoms with Gasteiger partial charge in [0.2, 0.25) is 0 Å². The maximum Gasteiger partial charge on any atom is 0.293 e. The largest absolute Gasteiger partial charge is 0.364 e. The Morgan fingerprint density at radius 2 is 2.06 bits per heavy atom. The second kappa shape index (κ2) is 8.24. The van der Waals surface area contributed by atoms with Gasteiger partial charge >= 0.3 is 0 Å². The number of carbonyl (C=O) groups is 1. The zero-order chi connectivity index (χ0) is 22.8. The fourth-order valence-electron chi connectivity index (χ4n) is 3.56. The Morgan fingerprint density at radius 1 is 1.15 bits per heavy atom. The first kappa shape index (κ1) is 19.9. The molecule has 0 spiro atoms. The quantitative estimate of drug-likeness (QED) is 0.247. The van der Waals surface area contributed by atoms with Gasteiger partial charge in [0.25, 0.3) is 11.5 Å². The average molecular weight is 436 g/mol. The van der Waals surface area contributed by atoms with Crippen LogP contribution in [0.4, 0.5) is 5.82 Å². The number of aromatic amines is 2. The number of fused-ring (bicyclic) bond motifs is 3. The van der Waals surface area contributed by atoms with Gasteiger partial charge in [0.1, 0.15) is 5.82 Å². The van der Waals surface area contributed by atoms with Crippen molar-refractivity contribution < 1.29 is 4.79 Å². The molecule has 0 unspecified atom stereocenters. The van der Waals surface area contributed by atoms with Gasteiger partial charge in [-0.05, 0) is 30.3 Å². The van der Waals surface area contributed by atoms with Crippen molar-refractivity contribution in [2.24, 2.45) is 5.73 Å². The van der Waals surface area contributed by atoms with E-state index in [2.05, 4.69) is 42.5 Å². The molecule has 0 atom stereocenters. The molecular formula is C23H16N8O2. The summed E-state index contributed by atoms with van der Waals surface area (Å²) in [5.41, 5.74) is 7.96. The fraction of sp³-hybridized carbons (Fsp3) is 0.0435. The van der Waals surface area contributed by atoms with Crippen LogP contribution in [0.1, 0.15) is 11.3 Å². The lowest BCUT2D eigenvalue weighted by molar-refractivity contribution is -0.112. The number of nitrogens with two attached hydrogens (primary N) is 1. The Labute approximate surface area is 186 Å². The SMILES string of the molecule is NC(=O)C#Cc1c[nH]c(=O)c2c1nc(NCc1cccnn1)c1ccc(-c3ccn[nH]3)cc12. The molecule has 1 aromatic carbocycles. The summed E-state index contributed by atoms with van der Waals surface area (Å²) in [6.07, 6.45) is 4.67. The molecule has 10 nitrogen and oxygen atoms in total. The summed E-state index contributed by atoms with van der Waals surface area (Å²) in [6.45, 7) is 0.370. The third-order valence-corrected chi connectivity index (χ3v) is 5.03. The van der Waals surface area contributed by atoms with Crippen LogP contribution in [0.3, 0.4) is 0 Å². The molecule has 0 saturated heterocycles. The van der Waals surface area contributed by atoms with E-state index >= 15 is 0 Å². The van der Waals surface area contributed by atoms with E-state index in [1.807, 2.05) is 30.3 Å². The third-order valence-electron chi connectivity index (χ3n) is 5.03. The Morgan fingerprint density at radius 3 is 2.82 bits per heavy atom. The molecule has 0 bridgehead atoms. The fourth-order valence-corrected chi connectivity index (χ4v) is 3.56. The second-order valence-electron chi connectivity index (χ2n) is 7.13. The molecule has 0 aliphatic heterocycles. The lowest BCUT2D eigenvalue weighted by Gasteiger charge is -2.13. The highest BCUT2D eigenvalue weighted by molar-refractivity contribution is 6.12. The van der Waals surface area contributed by atoms with Crippen molar-refractivity contribution in [3.05, 3.63) is 76.6 Å². The van der Waals surface area contributed by atoms with Crippen molar-refractivity contribution in [1.29, 1.82) is 0 Å². The minimum absolute atomic E-state index is 0.325. The van der Waals surface area contributed by atoms with E-state index in [9.17, 15) is 9.59 Å². The van der Waals surface area contributed by atoms with Crippen LogP contribution in [0.15, 0.2) is 59.8 Å². The molecule has 0 saturated carbocycles. The average Bonchev–Trinajstić information content (AvgIpc) is 3.37. The molecule has 4 heterocycles. The second-order valence-corrected chi connectivity index (χ2v) is 7.13. The van der Waals surface area contributed by atoms with Crippen molar-refractivity contribution in [3.8, 4) is 23.1 Å². The molecule has 5 N–H and O–H groups in total. The molecule has 0 fully saturated rings. The summed E-state index contributed by atoms with van der Waals surface area (Å²) in [7, 11) is 0. The van der Waals surface area contributed by atoms with Crippen LogP contribution in [0, 0.1) is 11.8 Å². The minimum atomic E-state index is -0.780. The number of aromatic nitrogens is 6. The van der Waals surface area contributed by atoms with Crippen LogP contribution in [-0.2, 0) is 11.3 Å². The van der Waals surface area contributed by atoms with Crippen molar-refractivity contribution in [1.82, 2.24) is 30.4 Å². The van der Waals surface area contributed by atoms with E-state index < -0.39 is 5.91 Å². The number of hydrogen-bond donors (Lipinski definition) is 4. The number of pyridine rings is 2. The molecule has 0 aliphatic rings. The Kier molecular flexibility index (Phi) is 4.97. The normalized spacial score (nSPS) is 10.7. The van der Waals surface area contributed by atoms with E-state index in [1.54, 1.807) is 18.5 Å². The zero-order valence-corrected chi connectivity index (χ0v) is 17.1. The molecule has 0 radical (unpaired) electrons. The molecule has 5 rings (SSSR count). The number of H-pyrrole nitrogens is 2. The summed E-state index contributed by atoms with van der Waals surface area (Å²) in [5, 5.41) is 19.9. The van der Waals surface area contributed by atoms with E-state index in [4.69, 9.17) is 10.7 Å². The summed E-state index contributed by atoms with van der Waals surface area (Å²) in [4.78, 5) is 31.5. The first-order chi connectivity index (χ1) is 16.1. The highest BCUT2D eigenvalue weighted by Crippen LogP contribution is 2.32. The van der Waals surface area contributed by atoms with Crippen LogP contribution >= 0.6 is 0 Å². The molecule has 4 aromatic heterocycles. The number of amides is 1. The molecule has 160 valence electrons. The maximum absolute atomic E-state index is 12.9. The number of anilines is 1. The molecule has 1 amide bonds. The van der Waals surface area contributed by atoms with E-state index in [1.165, 1.54) is 6.20 Å². The lowest BCUT2D eigenvalue weighted by Crippen LogP contribution is -2.11. The Bertz CT molecular complexity index is 1610. The van der Waals surface area contributed by atoms with Gasteiger partial charge in [0.15, 0.2) is 0 Å². The number of nitrogens with one attached hydrogen (secondary N) is 3. The highest BCUT2D eigenvalue weighted by Gasteiger charge is 2.15. The van der Waals surface area contributed by atoms with Crippen LogP contribution in [0.25, 0.3) is 32.9 Å². The molecular weight excluding hydrogens is 420 g/mol. The predicted molar refractivity (Wildman–Crippen MR) is 123 cm³/mol. The van der Waals surface area contributed by atoms with Gasteiger partial charge in [-0.3, -0.25) is 14.7 Å². The van der Waals surface area contributed by atoms with E-state index in [0.717, 1.165) is 22.3 Å². The Hall–Kier alpha value is -5.04. The number of benzene rings is 1. The molecule has 0 aliphatic carbocycles. The molecule has 10 heteroatoms. The van der Waals surface area contributed by atoms with Gasteiger partial charge in [-0.2, -0.15) is 15.3 Å². The number of hydrogen-bond acceptors (Lipinski definition) is 7. The van der Waals surface area contributed by atoms with Crippen LogP contribution in [0.2, 0.25) is 0 Å². The van der Waals surface area contributed by atoms with Crippen LogP contribution < -0.4 is 16.6 Å². The number of rotatable bonds is 4. The van der Waals surface area contributed by atoms with E-state index in [0.29, 0.717) is 34.2 Å². The number of primary amides is 1. The predicted octanol–water partition coefficient (Wildman–Crippen LogP) is 1.71. The van der Waals surface area contributed by atoms with Gasteiger partial charge in [0, 0.05) is 40.8 Å². The van der Waals surface area contributed by atoms with Gasteiger partial charge < -0.3 is 16.0 Å². The first-order valence-corrected chi connectivity index (χ1v) is 9.91. The van der Waals surface area contributed by atoms with E-state index in [-0.39, 0.29) is 5.56 Å². The smallest absolute Gasteiger partial charge is 0.293 e. The van der Waals surface area contributed by atoms with Crippen molar-refractivity contribution in [2.75, 3.05) is 5.32 Å². The van der Waals surface area contributed by atoms with Crippen molar-refractivity contribution in [3.63, 3.8) is 0 Å². The monoisotopic (exact) mass is 436 g/mol.